The first-order valence-electron chi connectivity index (χ1n) is 5.02. The van der Waals surface area contributed by atoms with Gasteiger partial charge in [-0.1, -0.05) is 19.1 Å². The Morgan fingerprint density at radius 3 is 2.88 bits per heavy atom. The highest BCUT2D eigenvalue weighted by Crippen LogP contribution is 2.21. The minimum absolute atomic E-state index is 0.537. The second-order valence-corrected chi connectivity index (χ2v) is 4.09. The third kappa shape index (κ3) is 2.79. The predicted molar refractivity (Wildman–Crippen MR) is 65.6 cm³/mol. The minimum atomic E-state index is 0.537. The summed E-state index contributed by atoms with van der Waals surface area (Å²) in [6.45, 7) is 2.11. The quantitative estimate of drug-likeness (QED) is 0.805. The van der Waals surface area contributed by atoms with Gasteiger partial charge in [0, 0.05) is 6.07 Å². The van der Waals surface area contributed by atoms with Gasteiger partial charge in [-0.25, -0.2) is 9.97 Å². The highest BCUT2D eigenvalue weighted by molar-refractivity contribution is 9.10. The van der Waals surface area contributed by atoms with Crippen molar-refractivity contribution in [3.8, 4) is 11.6 Å². The highest BCUT2D eigenvalue weighted by Gasteiger charge is 2.00. The van der Waals surface area contributed by atoms with Gasteiger partial charge in [0.15, 0.2) is 0 Å². The summed E-state index contributed by atoms with van der Waals surface area (Å²) in [6, 6.07) is 9.71. The number of rotatable bonds is 3. The van der Waals surface area contributed by atoms with Crippen LogP contribution >= 0.6 is 15.9 Å². The fourth-order valence-electron chi connectivity index (χ4n) is 1.32. The van der Waals surface area contributed by atoms with Crippen LogP contribution in [-0.4, -0.2) is 9.97 Å². The number of halogens is 1. The Morgan fingerprint density at radius 2 is 2.12 bits per heavy atom. The molecule has 0 unspecified atom stereocenters. The summed E-state index contributed by atoms with van der Waals surface area (Å²) in [5, 5.41) is 0. The van der Waals surface area contributed by atoms with Gasteiger partial charge in [0.05, 0.1) is 0 Å². The van der Waals surface area contributed by atoms with E-state index in [4.69, 9.17) is 4.74 Å². The molecule has 0 aliphatic carbocycles. The van der Waals surface area contributed by atoms with Crippen molar-refractivity contribution in [3.05, 3.63) is 46.8 Å². The van der Waals surface area contributed by atoms with E-state index in [0.29, 0.717) is 10.5 Å². The number of aromatic nitrogens is 2. The Morgan fingerprint density at radius 1 is 1.25 bits per heavy atom. The van der Waals surface area contributed by atoms with Gasteiger partial charge in [-0.05, 0) is 40.0 Å². The van der Waals surface area contributed by atoms with Crippen molar-refractivity contribution in [1.29, 1.82) is 0 Å². The third-order valence-electron chi connectivity index (χ3n) is 2.14. The van der Waals surface area contributed by atoms with Gasteiger partial charge in [0.2, 0.25) is 5.88 Å². The van der Waals surface area contributed by atoms with E-state index in [0.717, 1.165) is 12.2 Å². The molecule has 0 bridgehead atoms. The highest BCUT2D eigenvalue weighted by atomic mass is 79.9. The maximum atomic E-state index is 5.62. The van der Waals surface area contributed by atoms with Gasteiger partial charge in [-0.2, -0.15) is 0 Å². The first-order chi connectivity index (χ1) is 7.78. The summed E-state index contributed by atoms with van der Waals surface area (Å²) in [5.74, 6) is 1.33. The van der Waals surface area contributed by atoms with Crippen LogP contribution in [0.5, 0.6) is 11.6 Å². The zero-order valence-corrected chi connectivity index (χ0v) is 10.4. The van der Waals surface area contributed by atoms with E-state index in [-0.39, 0.29) is 0 Å². The lowest BCUT2D eigenvalue weighted by molar-refractivity contribution is 0.460. The zero-order valence-electron chi connectivity index (χ0n) is 8.85. The Kier molecular flexibility index (Phi) is 3.51. The molecule has 0 saturated heterocycles. The summed E-state index contributed by atoms with van der Waals surface area (Å²) < 4.78 is 6.33. The summed E-state index contributed by atoms with van der Waals surface area (Å²) in [6.07, 6.45) is 2.45. The van der Waals surface area contributed by atoms with Crippen LogP contribution in [-0.2, 0) is 6.42 Å². The standard InChI is InChI=1S/C12H11BrN2O/c1-2-9-4-3-5-10(6-9)16-12-7-11(13)14-8-15-12/h3-8H,2H2,1H3. The van der Waals surface area contributed by atoms with E-state index in [1.54, 1.807) is 6.07 Å². The molecule has 4 heteroatoms. The lowest BCUT2D eigenvalue weighted by Gasteiger charge is -2.05. The van der Waals surface area contributed by atoms with E-state index >= 15 is 0 Å². The Labute approximate surface area is 103 Å². The average Bonchev–Trinajstić information content (AvgIpc) is 2.29. The molecule has 0 aliphatic heterocycles. The van der Waals surface area contributed by atoms with Gasteiger partial charge in [0.25, 0.3) is 0 Å². The SMILES string of the molecule is CCc1cccc(Oc2cc(Br)ncn2)c1. The molecule has 2 aromatic rings. The van der Waals surface area contributed by atoms with Crippen LogP contribution in [0.15, 0.2) is 41.3 Å². The van der Waals surface area contributed by atoms with Crippen molar-refractivity contribution in [3.63, 3.8) is 0 Å². The number of nitrogens with zero attached hydrogens (tertiary/aromatic N) is 2. The average molecular weight is 279 g/mol. The normalized spacial score (nSPS) is 10.1. The van der Waals surface area contributed by atoms with Crippen molar-refractivity contribution < 1.29 is 4.74 Å². The molecular formula is C12H11BrN2O. The van der Waals surface area contributed by atoms with E-state index in [1.165, 1.54) is 11.9 Å². The second kappa shape index (κ2) is 5.07. The van der Waals surface area contributed by atoms with E-state index in [9.17, 15) is 0 Å². The van der Waals surface area contributed by atoms with Crippen LogP contribution in [0, 0.1) is 0 Å². The van der Waals surface area contributed by atoms with Crippen LogP contribution in [0.25, 0.3) is 0 Å². The Bertz CT molecular complexity index is 488. The van der Waals surface area contributed by atoms with E-state index < -0.39 is 0 Å². The van der Waals surface area contributed by atoms with Gasteiger partial charge in [-0.3, -0.25) is 0 Å². The molecule has 1 aromatic heterocycles. The van der Waals surface area contributed by atoms with Crippen molar-refractivity contribution >= 4 is 15.9 Å². The first-order valence-corrected chi connectivity index (χ1v) is 5.81. The van der Waals surface area contributed by atoms with Crippen molar-refractivity contribution in [2.75, 3.05) is 0 Å². The number of hydrogen-bond acceptors (Lipinski definition) is 3. The number of ether oxygens (including phenoxy) is 1. The molecule has 16 heavy (non-hydrogen) atoms. The van der Waals surface area contributed by atoms with Gasteiger partial charge >= 0.3 is 0 Å². The lowest BCUT2D eigenvalue weighted by atomic mass is 10.2. The summed E-state index contributed by atoms with van der Waals surface area (Å²) in [4.78, 5) is 7.97. The molecule has 0 aliphatic rings. The van der Waals surface area contributed by atoms with Crippen molar-refractivity contribution in [1.82, 2.24) is 9.97 Å². The lowest BCUT2D eigenvalue weighted by Crippen LogP contribution is -1.90. The Balaban J connectivity index is 2.20. The van der Waals surface area contributed by atoms with Crippen LogP contribution in [0.4, 0.5) is 0 Å². The Hall–Kier alpha value is -1.42. The number of hydrogen-bond donors (Lipinski definition) is 0. The molecule has 0 N–H and O–H groups in total. The molecule has 3 nitrogen and oxygen atoms in total. The van der Waals surface area contributed by atoms with Crippen molar-refractivity contribution in [2.24, 2.45) is 0 Å². The summed E-state index contributed by atoms with van der Waals surface area (Å²) >= 11 is 3.27. The van der Waals surface area contributed by atoms with Crippen LogP contribution < -0.4 is 4.74 Å². The van der Waals surface area contributed by atoms with Crippen LogP contribution in [0.2, 0.25) is 0 Å². The largest absolute Gasteiger partial charge is 0.439 e. The van der Waals surface area contributed by atoms with Crippen molar-refractivity contribution in [2.45, 2.75) is 13.3 Å². The molecule has 2 rings (SSSR count). The fraction of sp³-hybridized carbons (Fsp3) is 0.167. The van der Waals surface area contributed by atoms with E-state index in [1.807, 2.05) is 18.2 Å². The first kappa shape index (κ1) is 11.1. The summed E-state index contributed by atoms with van der Waals surface area (Å²) in [7, 11) is 0. The molecule has 0 fully saturated rings. The zero-order chi connectivity index (χ0) is 11.4. The number of benzene rings is 1. The molecule has 1 heterocycles. The van der Waals surface area contributed by atoms with Gasteiger partial charge < -0.3 is 4.74 Å². The van der Waals surface area contributed by atoms with E-state index in [2.05, 4.69) is 38.9 Å². The molecule has 0 saturated carbocycles. The van der Waals surface area contributed by atoms with Gasteiger partial charge in [-0.15, -0.1) is 0 Å². The monoisotopic (exact) mass is 278 g/mol. The third-order valence-corrected chi connectivity index (χ3v) is 2.57. The predicted octanol–water partition coefficient (Wildman–Crippen LogP) is 3.59. The molecule has 0 atom stereocenters. The maximum Gasteiger partial charge on any atom is 0.223 e. The summed E-state index contributed by atoms with van der Waals surface area (Å²) in [5.41, 5.74) is 1.24. The van der Waals surface area contributed by atoms with Crippen LogP contribution in [0.1, 0.15) is 12.5 Å². The molecule has 0 spiro atoms. The van der Waals surface area contributed by atoms with Crippen LogP contribution in [0.3, 0.4) is 0 Å². The maximum absolute atomic E-state index is 5.62. The fourth-order valence-corrected chi connectivity index (χ4v) is 1.61. The topological polar surface area (TPSA) is 35.0 Å². The molecule has 0 radical (unpaired) electrons. The second-order valence-electron chi connectivity index (χ2n) is 3.28. The molecule has 82 valence electrons. The number of aryl methyl sites for hydroxylation is 1. The minimum Gasteiger partial charge on any atom is -0.439 e. The van der Waals surface area contributed by atoms with Gasteiger partial charge in [0.1, 0.15) is 16.7 Å². The molecule has 0 amide bonds. The molecular weight excluding hydrogens is 268 g/mol. The smallest absolute Gasteiger partial charge is 0.223 e. The molecule has 1 aromatic carbocycles.